The quantitative estimate of drug-likeness (QED) is 0.744. The van der Waals surface area contributed by atoms with Crippen molar-refractivity contribution in [2.24, 2.45) is 0 Å². The number of hydrogen-bond acceptors (Lipinski definition) is 1. The average Bonchev–Trinajstić information content (AvgIpc) is 2.06. The SMILES string of the molecule is [NH]CCc1ccc(OC(F)(F)F)cc1. The first-order chi connectivity index (χ1) is 6.51. The summed E-state index contributed by atoms with van der Waals surface area (Å²) in [5.74, 6) is -0.230. The van der Waals surface area contributed by atoms with Crippen LogP contribution in [0.1, 0.15) is 5.56 Å². The van der Waals surface area contributed by atoms with E-state index in [4.69, 9.17) is 5.73 Å². The fourth-order valence-corrected chi connectivity index (χ4v) is 1.00. The Kier molecular flexibility index (Phi) is 3.35. The Balaban J connectivity index is 2.64. The molecule has 0 saturated heterocycles. The van der Waals surface area contributed by atoms with Crippen molar-refractivity contribution in [1.29, 1.82) is 0 Å². The smallest absolute Gasteiger partial charge is 0.406 e. The van der Waals surface area contributed by atoms with E-state index in [0.717, 1.165) is 5.56 Å². The van der Waals surface area contributed by atoms with Crippen LogP contribution >= 0.6 is 0 Å². The van der Waals surface area contributed by atoms with Gasteiger partial charge in [0.15, 0.2) is 0 Å². The van der Waals surface area contributed by atoms with Gasteiger partial charge in [0.05, 0.1) is 0 Å². The van der Waals surface area contributed by atoms with E-state index in [1.165, 1.54) is 24.3 Å². The zero-order valence-electron chi connectivity index (χ0n) is 7.27. The van der Waals surface area contributed by atoms with E-state index in [0.29, 0.717) is 6.42 Å². The lowest BCUT2D eigenvalue weighted by atomic mass is 10.1. The molecule has 1 radical (unpaired) electrons. The summed E-state index contributed by atoms with van der Waals surface area (Å²) in [6.45, 7) is 0.222. The molecular formula is C9H9F3NO. The third kappa shape index (κ3) is 3.66. The number of hydrogen-bond donors (Lipinski definition) is 0. The number of alkyl halides is 3. The molecular weight excluding hydrogens is 195 g/mol. The highest BCUT2D eigenvalue weighted by Gasteiger charge is 2.30. The maximum absolute atomic E-state index is 11.7. The molecule has 1 aromatic carbocycles. The Morgan fingerprint density at radius 1 is 1.14 bits per heavy atom. The van der Waals surface area contributed by atoms with Gasteiger partial charge in [-0.3, -0.25) is 5.73 Å². The van der Waals surface area contributed by atoms with E-state index in [1.54, 1.807) is 0 Å². The van der Waals surface area contributed by atoms with Gasteiger partial charge in [-0.1, -0.05) is 12.1 Å². The molecule has 0 saturated carbocycles. The van der Waals surface area contributed by atoms with Crippen LogP contribution in [0.25, 0.3) is 0 Å². The van der Waals surface area contributed by atoms with Gasteiger partial charge in [-0.2, -0.15) is 0 Å². The first-order valence-corrected chi connectivity index (χ1v) is 4.00. The van der Waals surface area contributed by atoms with Gasteiger partial charge in [0.1, 0.15) is 5.75 Å². The summed E-state index contributed by atoms with van der Waals surface area (Å²) in [7, 11) is 0. The Morgan fingerprint density at radius 2 is 1.71 bits per heavy atom. The Hall–Kier alpha value is -1.23. The minimum Gasteiger partial charge on any atom is -0.406 e. The van der Waals surface area contributed by atoms with Crippen LogP contribution in [0.4, 0.5) is 13.2 Å². The molecule has 0 bridgehead atoms. The Labute approximate surface area is 79.5 Å². The molecule has 0 amide bonds. The summed E-state index contributed by atoms with van der Waals surface area (Å²) in [5, 5.41) is 0. The Morgan fingerprint density at radius 3 is 2.14 bits per heavy atom. The number of ether oxygens (including phenoxy) is 1. The lowest BCUT2D eigenvalue weighted by Gasteiger charge is -2.08. The van der Waals surface area contributed by atoms with Gasteiger partial charge in [-0.05, 0) is 24.1 Å². The molecule has 0 aromatic heterocycles. The van der Waals surface area contributed by atoms with Crippen molar-refractivity contribution >= 4 is 0 Å². The van der Waals surface area contributed by atoms with Gasteiger partial charge in [0.2, 0.25) is 0 Å². The summed E-state index contributed by atoms with van der Waals surface area (Å²) < 4.78 is 38.9. The molecule has 1 aromatic rings. The van der Waals surface area contributed by atoms with Crippen LogP contribution in [0, 0.1) is 0 Å². The van der Waals surface area contributed by atoms with Crippen LogP contribution in [0.3, 0.4) is 0 Å². The van der Waals surface area contributed by atoms with E-state index in [-0.39, 0.29) is 12.3 Å². The summed E-state index contributed by atoms with van der Waals surface area (Å²) in [6, 6.07) is 5.54. The van der Waals surface area contributed by atoms with Crippen molar-refractivity contribution in [3.63, 3.8) is 0 Å². The van der Waals surface area contributed by atoms with Crippen molar-refractivity contribution < 1.29 is 17.9 Å². The van der Waals surface area contributed by atoms with Crippen LogP contribution in [0.2, 0.25) is 0 Å². The highest BCUT2D eigenvalue weighted by molar-refractivity contribution is 5.27. The maximum Gasteiger partial charge on any atom is 0.573 e. The number of benzene rings is 1. The van der Waals surface area contributed by atoms with Gasteiger partial charge < -0.3 is 4.74 Å². The zero-order chi connectivity index (χ0) is 10.6. The van der Waals surface area contributed by atoms with E-state index >= 15 is 0 Å². The minimum absolute atomic E-state index is 0.222. The summed E-state index contributed by atoms with van der Waals surface area (Å²) in [6.07, 6.45) is -4.11. The molecule has 1 N–H and O–H groups in total. The molecule has 0 aliphatic rings. The number of rotatable bonds is 3. The van der Waals surface area contributed by atoms with Crippen molar-refractivity contribution in [2.45, 2.75) is 12.8 Å². The highest BCUT2D eigenvalue weighted by Crippen LogP contribution is 2.22. The topological polar surface area (TPSA) is 33.0 Å². The summed E-state index contributed by atoms with van der Waals surface area (Å²) in [4.78, 5) is 0. The molecule has 2 nitrogen and oxygen atoms in total. The standard InChI is InChI=1S/C9H9F3NO/c10-9(11,12)14-8-3-1-7(2-4-8)5-6-13/h1-4,13H,5-6H2. The summed E-state index contributed by atoms with van der Waals surface area (Å²) in [5.41, 5.74) is 7.75. The molecule has 5 heteroatoms. The summed E-state index contributed by atoms with van der Waals surface area (Å²) >= 11 is 0. The predicted molar refractivity (Wildman–Crippen MR) is 44.8 cm³/mol. The van der Waals surface area contributed by atoms with E-state index in [9.17, 15) is 13.2 Å². The van der Waals surface area contributed by atoms with E-state index in [2.05, 4.69) is 4.74 Å². The Bertz CT molecular complexity index is 281. The van der Waals surface area contributed by atoms with Crippen molar-refractivity contribution in [3.05, 3.63) is 29.8 Å². The van der Waals surface area contributed by atoms with Gasteiger partial charge in [0.25, 0.3) is 0 Å². The van der Waals surface area contributed by atoms with Crippen molar-refractivity contribution in [3.8, 4) is 5.75 Å². The second-order valence-electron chi connectivity index (χ2n) is 2.69. The van der Waals surface area contributed by atoms with Crippen molar-refractivity contribution in [1.82, 2.24) is 5.73 Å². The monoisotopic (exact) mass is 204 g/mol. The fraction of sp³-hybridized carbons (Fsp3) is 0.333. The predicted octanol–water partition coefficient (Wildman–Crippen LogP) is 2.41. The molecule has 0 atom stereocenters. The fourth-order valence-electron chi connectivity index (χ4n) is 1.00. The molecule has 0 heterocycles. The van der Waals surface area contributed by atoms with E-state index in [1.807, 2.05) is 0 Å². The molecule has 1 rings (SSSR count). The first-order valence-electron chi connectivity index (χ1n) is 4.00. The largest absolute Gasteiger partial charge is 0.573 e. The van der Waals surface area contributed by atoms with Crippen LogP contribution in [0.5, 0.6) is 5.75 Å². The molecule has 0 aliphatic carbocycles. The molecule has 0 unspecified atom stereocenters. The van der Waals surface area contributed by atoms with Gasteiger partial charge in [-0.15, -0.1) is 13.2 Å². The minimum atomic E-state index is -4.64. The maximum atomic E-state index is 11.7. The second kappa shape index (κ2) is 4.32. The first kappa shape index (κ1) is 10.8. The lowest BCUT2D eigenvalue weighted by Crippen LogP contribution is -2.17. The number of nitrogens with one attached hydrogen (secondary N) is 1. The van der Waals surface area contributed by atoms with Gasteiger partial charge in [0, 0.05) is 6.54 Å². The van der Waals surface area contributed by atoms with E-state index < -0.39 is 6.36 Å². The van der Waals surface area contributed by atoms with Crippen LogP contribution < -0.4 is 10.5 Å². The molecule has 77 valence electrons. The molecule has 0 aliphatic heterocycles. The molecule has 14 heavy (non-hydrogen) atoms. The second-order valence-corrected chi connectivity index (χ2v) is 2.69. The zero-order valence-corrected chi connectivity index (χ0v) is 7.27. The van der Waals surface area contributed by atoms with Crippen LogP contribution in [-0.4, -0.2) is 12.9 Å². The van der Waals surface area contributed by atoms with Crippen LogP contribution in [0.15, 0.2) is 24.3 Å². The lowest BCUT2D eigenvalue weighted by molar-refractivity contribution is -0.274. The number of halogens is 3. The third-order valence-electron chi connectivity index (χ3n) is 1.57. The normalized spacial score (nSPS) is 11.4. The third-order valence-corrected chi connectivity index (χ3v) is 1.57. The molecule has 0 fully saturated rings. The highest BCUT2D eigenvalue weighted by atomic mass is 19.4. The van der Waals surface area contributed by atoms with Crippen LogP contribution in [-0.2, 0) is 6.42 Å². The van der Waals surface area contributed by atoms with Gasteiger partial charge in [-0.25, -0.2) is 0 Å². The average molecular weight is 204 g/mol. The molecule has 0 spiro atoms. The van der Waals surface area contributed by atoms with Crippen molar-refractivity contribution in [2.75, 3.05) is 6.54 Å². The van der Waals surface area contributed by atoms with Gasteiger partial charge >= 0.3 is 6.36 Å².